The summed E-state index contributed by atoms with van der Waals surface area (Å²) in [5.41, 5.74) is -0.823. The number of ether oxygens (including phenoxy) is 2. The van der Waals surface area contributed by atoms with E-state index in [0.717, 1.165) is 0 Å². The summed E-state index contributed by atoms with van der Waals surface area (Å²) in [6.45, 7) is 3.55. The molecule has 3 rings (SSSR count). The van der Waals surface area contributed by atoms with Crippen molar-refractivity contribution < 1.29 is 19.1 Å². The Morgan fingerprint density at radius 2 is 0.923 bits per heavy atom. The molecule has 0 saturated heterocycles. The minimum absolute atomic E-state index is 0.410. The van der Waals surface area contributed by atoms with Gasteiger partial charge in [0, 0.05) is 0 Å². The van der Waals surface area contributed by atoms with Crippen molar-refractivity contribution in [2.75, 3.05) is 0 Å². The molecule has 132 valence electrons. The quantitative estimate of drug-likeness (QED) is 0.609. The third-order valence-electron chi connectivity index (χ3n) is 4.13. The van der Waals surface area contributed by atoms with E-state index in [2.05, 4.69) is 0 Å². The molecular formula is C22H20O4. The monoisotopic (exact) mass is 348 g/mol. The number of hydrogen-bond donors (Lipinski definition) is 0. The average molecular weight is 348 g/mol. The summed E-state index contributed by atoms with van der Waals surface area (Å²) in [5, 5.41) is 0. The fourth-order valence-corrected chi connectivity index (χ4v) is 2.57. The molecule has 0 atom stereocenters. The van der Waals surface area contributed by atoms with E-state index < -0.39 is 23.1 Å². The van der Waals surface area contributed by atoms with Crippen molar-refractivity contribution in [1.82, 2.24) is 0 Å². The molecule has 4 nitrogen and oxygen atoms in total. The second-order valence-corrected chi connectivity index (χ2v) is 6.55. The van der Waals surface area contributed by atoms with Gasteiger partial charge in [-0.3, -0.25) is 0 Å². The van der Waals surface area contributed by atoms with Gasteiger partial charge in [0.25, 0.3) is 0 Å². The lowest BCUT2D eigenvalue weighted by molar-refractivity contribution is 0.0148. The van der Waals surface area contributed by atoms with Crippen LogP contribution in [-0.2, 0) is 9.47 Å². The van der Waals surface area contributed by atoms with Crippen LogP contribution in [0.5, 0.6) is 0 Å². The highest BCUT2D eigenvalue weighted by Crippen LogP contribution is 2.28. The van der Waals surface area contributed by atoms with Crippen LogP contribution in [-0.4, -0.2) is 23.1 Å². The van der Waals surface area contributed by atoms with Crippen molar-refractivity contribution in [3.63, 3.8) is 0 Å². The first kappa shape index (κ1) is 17.7. The first-order chi connectivity index (χ1) is 12.4. The van der Waals surface area contributed by atoms with Gasteiger partial charge in [-0.1, -0.05) is 36.4 Å². The second kappa shape index (κ2) is 7.00. The summed E-state index contributed by atoms with van der Waals surface area (Å²) in [5.74, 6) is -0.820. The zero-order valence-corrected chi connectivity index (χ0v) is 14.7. The molecule has 0 unspecified atom stereocenters. The highest BCUT2D eigenvalue weighted by molar-refractivity contribution is 5.90. The Labute approximate surface area is 152 Å². The van der Waals surface area contributed by atoms with Crippen LogP contribution in [0.25, 0.3) is 0 Å². The molecule has 4 heteroatoms. The van der Waals surface area contributed by atoms with Crippen LogP contribution in [0, 0.1) is 0 Å². The maximum absolute atomic E-state index is 12.3. The number of rotatable bonds is 4. The zero-order valence-electron chi connectivity index (χ0n) is 14.7. The lowest BCUT2D eigenvalue weighted by Gasteiger charge is -2.32. The molecule has 2 aromatic carbocycles. The summed E-state index contributed by atoms with van der Waals surface area (Å²) in [4.78, 5) is 24.5. The van der Waals surface area contributed by atoms with Crippen LogP contribution >= 0.6 is 0 Å². The second-order valence-electron chi connectivity index (χ2n) is 6.55. The van der Waals surface area contributed by atoms with Gasteiger partial charge >= 0.3 is 11.9 Å². The third kappa shape index (κ3) is 4.09. The summed E-state index contributed by atoms with van der Waals surface area (Å²) < 4.78 is 11.2. The maximum Gasteiger partial charge on any atom is 0.339 e. The van der Waals surface area contributed by atoms with Crippen molar-refractivity contribution in [2.45, 2.75) is 25.0 Å². The van der Waals surface area contributed by atoms with Gasteiger partial charge < -0.3 is 9.47 Å². The Kier molecular flexibility index (Phi) is 4.76. The summed E-state index contributed by atoms with van der Waals surface area (Å²) in [6.07, 6.45) is 6.91. The van der Waals surface area contributed by atoms with E-state index in [1.54, 1.807) is 86.7 Å². The molecule has 26 heavy (non-hydrogen) atoms. The van der Waals surface area contributed by atoms with Gasteiger partial charge in [-0.05, 0) is 62.4 Å². The molecule has 0 aromatic heterocycles. The highest BCUT2D eigenvalue weighted by Gasteiger charge is 2.33. The van der Waals surface area contributed by atoms with Crippen molar-refractivity contribution in [1.29, 1.82) is 0 Å². The smallest absolute Gasteiger partial charge is 0.339 e. The topological polar surface area (TPSA) is 52.6 Å². The molecule has 0 amide bonds. The number of benzene rings is 2. The molecule has 1 aliphatic carbocycles. The number of esters is 2. The zero-order chi connectivity index (χ0) is 18.6. The molecule has 1 aliphatic rings. The fraction of sp³-hybridized carbons (Fsp3) is 0.182. The van der Waals surface area contributed by atoms with Crippen LogP contribution < -0.4 is 0 Å². The fourth-order valence-electron chi connectivity index (χ4n) is 2.57. The first-order valence-corrected chi connectivity index (χ1v) is 8.37. The Morgan fingerprint density at radius 1 is 0.615 bits per heavy atom. The van der Waals surface area contributed by atoms with Crippen molar-refractivity contribution >= 4 is 11.9 Å². The largest absolute Gasteiger partial charge is 0.447 e. The minimum atomic E-state index is -0.897. The van der Waals surface area contributed by atoms with Gasteiger partial charge in [0.15, 0.2) is 0 Å². The van der Waals surface area contributed by atoms with Crippen LogP contribution in [0.1, 0.15) is 34.6 Å². The van der Waals surface area contributed by atoms with Crippen LogP contribution in [0.2, 0.25) is 0 Å². The van der Waals surface area contributed by atoms with Crippen molar-refractivity contribution in [3.05, 3.63) is 96.1 Å². The van der Waals surface area contributed by atoms with Crippen LogP contribution in [0.15, 0.2) is 85.0 Å². The van der Waals surface area contributed by atoms with Crippen molar-refractivity contribution in [3.8, 4) is 0 Å². The third-order valence-corrected chi connectivity index (χ3v) is 4.13. The standard InChI is InChI=1S/C22H20O4/c1-21(25-19(23)17-9-5-3-6-10-17)13-15-22(2,16-14-21)26-20(24)18-11-7-4-8-12-18/h3-16H,1-2H3. The summed E-state index contributed by atoms with van der Waals surface area (Å²) in [7, 11) is 0. The Bertz CT molecular complexity index is 765. The van der Waals surface area contributed by atoms with E-state index in [4.69, 9.17) is 9.47 Å². The van der Waals surface area contributed by atoms with E-state index in [-0.39, 0.29) is 0 Å². The molecule has 0 N–H and O–H groups in total. The average Bonchev–Trinajstić information content (AvgIpc) is 2.66. The Morgan fingerprint density at radius 3 is 1.23 bits per heavy atom. The lowest BCUT2D eigenvalue weighted by atomic mass is 9.91. The molecule has 0 spiro atoms. The van der Waals surface area contributed by atoms with Gasteiger partial charge in [0.2, 0.25) is 0 Å². The Hall–Kier alpha value is -3.14. The minimum Gasteiger partial charge on any atom is -0.447 e. The first-order valence-electron chi connectivity index (χ1n) is 8.37. The molecular weight excluding hydrogens is 328 g/mol. The highest BCUT2D eigenvalue weighted by atomic mass is 16.6. The van der Waals surface area contributed by atoms with Gasteiger partial charge in [-0.25, -0.2) is 9.59 Å². The summed E-state index contributed by atoms with van der Waals surface area (Å²) >= 11 is 0. The normalized spacial score (nSPS) is 24.1. The molecule has 0 saturated carbocycles. The molecule has 0 bridgehead atoms. The molecule has 0 heterocycles. The van der Waals surface area contributed by atoms with E-state index in [0.29, 0.717) is 11.1 Å². The van der Waals surface area contributed by atoms with E-state index in [1.165, 1.54) is 0 Å². The van der Waals surface area contributed by atoms with Gasteiger partial charge in [0.05, 0.1) is 11.1 Å². The SMILES string of the molecule is CC1(OC(=O)c2ccccc2)C=CC(C)(OC(=O)c2ccccc2)C=C1. The predicted octanol–water partition coefficient (Wildman–Crippen LogP) is 4.34. The van der Waals surface area contributed by atoms with Gasteiger partial charge in [0.1, 0.15) is 11.2 Å². The van der Waals surface area contributed by atoms with Crippen LogP contribution in [0.3, 0.4) is 0 Å². The van der Waals surface area contributed by atoms with Crippen molar-refractivity contribution in [2.24, 2.45) is 0 Å². The van der Waals surface area contributed by atoms with Crippen LogP contribution in [0.4, 0.5) is 0 Å². The van der Waals surface area contributed by atoms with E-state index >= 15 is 0 Å². The number of carbonyl (C=O) groups excluding carboxylic acids is 2. The maximum atomic E-state index is 12.3. The van der Waals surface area contributed by atoms with Gasteiger partial charge in [-0.2, -0.15) is 0 Å². The Balaban J connectivity index is 1.68. The summed E-state index contributed by atoms with van der Waals surface area (Å²) in [6, 6.07) is 17.6. The number of carbonyl (C=O) groups is 2. The molecule has 0 aliphatic heterocycles. The predicted molar refractivity (Wildman–Crippen MR) is 98.8 cm³/mol. The van der Waals surface area contributed by atoms with E-state index in [9.17, 15) is 9.59 Å². The number of hydrogen-bond acceptors (Lipinski definition) is 4. The lowest BCUT2D eigenvalue weighted by Crippen LogP contribution is -2.36. The molecule has 2 aromatic rings. The molecule has 0 radical (unpaired) electrons. The molecule has 0 fully saturated rings. The van der Waals surface area contributed by atoms with E-state index in [1.807, 2.05) is 12.1 Å². The van der Waals surface area contributed by atoms with Gasteiger partial charge in [-0.15, -0.1) is 0 Å².